The van der Waals surface area contributed by atoms with Crippen molar-refractivity contribution in [1.29, 1.82) is 0 Å². The van der Waals surface area contributed by atoms with Gasteiger partial charge in [-0.25, -0.2) is 9.97 Å². The number of benzene rings is 5. The van der Waals surface area contributed by atoms with Crippen molar-refractivity contribution in [1.82, 2.24) is 9.97 Å². The molecule has 0 atom stereocenters. The fraction of sp³-hybridized carbons (Fsp3) is 0.0556. The van der Waals surface area contributed by atoms with Gasteiger partial charge < -0.3 is 0 Å². The summed E-state index contributed by atoms with van der Waals surface area (Å²) in [6, 6.07) is 47.3. The van der Waals surface area contributed by atoms with E-state index in [-0.39, 0.29) is 0 Å². The summed E-state index contributed by atoms with van der Waals surface area (Å²) < 4.78 is 0. The molecule has 0 amide bonds. The fourth-order valence-corrected chi connectivity index (χ4v) is 9.11. The average Bonchev–Trinajstić information content (AvgIpc) is 3.24. The lowest BCUT2D eigenvalue weighted by Crippen LogP contribution is -2.50. The molecule has 1 aliphatic heterocycles. The van der Waals surface area contributed by atoms with Crippen LogP contribution in [0.3, 0.4) is 0 Å². The molecule has 0 saturated heterocycles. The molecule has 0 bridgehead atoms. The summed E-state index contributed by atoms with van der Waals surface area (Å²) in [6.07, 6.45) is 0. The maximum atomic E-state index is 5.32. The lowest BCUT2D eigenvalue weighted by Gasteiger charge is -2.22. The van der Waals surface area contributed by atoms with Gasteiger partial charge in [0.2, 0.25) is 0 Å². The van der Waals surface area contributed by atoms with Crippen molar-refractivity contribution in [3.8, 4) is 56.2 Å². The molecule has 39 heavy (non-hydrogen) atoms. The lowest BCUT2D eigenvalue weighted by atomic mass is 10.0. The largest absolute Gasteiger partial charge is 0.228 e. The van der Waals surface area contributed by atoms with E-state index in [0.717, 1.165) is 28.3 Å². The molecule has 1 aliphatic rings. The molecule has 0 unspecified atom stereocenters. The number of rotatable bonds is 4. The molecule has 7 rings (SSSR count). The number of hydrogen-bond acceptors (Lipinski definition) is 2. The van der Waals surface area contributed by atoms with Crippen LogP contribution in [0.25, 0.3) is 56.2 Å². The first-order valence-electron chi connectivity index (χ1n) is 13.4. The highest BCUT2D eigenvalue weighted by Crippen LogP contribution is 2.35. The van der Waals surface area contributed by atoms with Crippen LogP contribution in [0.4, 0.5) is 0 Å². The zero-order valence-electron chi connectivity index (χ0n) is 22.1. The Morgan fingerprint density at radius 3 is 1.67 bits per heavy atom. The van der Waals surface area contributed by atoms with Crippen molar-refractivity contribution >= 4 is 18.4 Å². The second-order valence-corrected chi connectivity index (χ2v) is 15.0. The van der Waals surface area contributed by atoms with Gasteiger partial charge in [0.15, 0.2) is 5.82 Å². The monoisotopic (exact) mass is 516 g/mol. The Kier molecular flexibility index (Phi) is 5.61. The maximum Gasteiger partial charge on any atom is 0.160 e. The molecule has 0 radical (unpaired) electrons. The number of aromatic nitrogens is 2. The van der Waals surface area contributed by atoms with Gasteiger partial charge in [0, 0.05) is 11.1 Å². The molecule has 0 spiro atoms. The van der Waals surface area contributed by atoms with Crippen molar-refractivity contribution in [3.05, 3.63) is 133 Å². The first-order valence-corrected chi connectivity index (χ1v) is 16.4. The fourth-order valence-electron chi connectivity index (χ4n) is 5.87. The Morgan fingerprint density at radius 2 is 0.949 bits per heavy atom. The van der Waals surface area contributed by atoms with Crippen LogP contribution in [0.1, 0.15) is 0 Å². The van der Waals surface area contributed by atoms with Gasteiger partial charge in [-0.15, -0.1) is 0 Å². The second kappa shape index (κ2) is 9.30. The van der Waals surface area contributed by atoms with Gasteiger partial charge in [-0.05, 0) is 44.3 Å². The van der Waals surface area contributed by atoms with Crippen LogP contribution < -0.4 is 10.4 Å². The van der Waals surface area contributed by atoms with Gasteiger partial charge in [-0.3, -0.25) is 0 Å². The van der Waals surface area contributed by atoms with E-state index in [1.807, 2.05) is 6.07 Å². The van der Waals surface area contributed by atoms with E-state index in [1.54, 1.807) is 0 Å². The highest BCUT2D eigenvalue weighted by Gasteiger charge is 2.41. The third-order valence-corrected chi connectivity index (χ3v) is 11.4. The van der Waals surface area contributed by atoms with Crippen molar-refractivity contribution in [3.63, 3.8) is 0 Å². The van der Waals surface area contributed by atoms with Crippen LogP contribution in [-0.2, 0) is 0 Å². The first kappa shape index (κ1) is 23.5. The molecule has 3 heteroatoms. The maximum absolute atomic E-state index is 5.32. The molecule has 0 saturated carbocycles. The molecule has 0 aliphatic carbocycles. The quantitative estimate of drug-likeness (QED) is 0.222. The summed E-state index contributed by atoms with van der Waals surface area (Å²) in [4.78, 5) is 10.6. The third kappa shape index (κ3) is 4.03. The molecule has 6 aromatic rings. The zero-order valence-corrected chi connectivity index (χ0v) is 23.1. The summed E-state index contributed by atoms with van der Waals surface area (Å²) in [5.74, 6) is 0.773. The molecule has 1 aromatic heterocycles. The summed E-state index contributed by atoms with van der Waals surface area (Å²) in [7, 11) is -2.01. The lowest BCUT2D eigenvalue weighted by molar-refractivity contribution is 1.20. The minimum Gasteiger partial charge on any atom is -0.228 e. The van der Waals surface area contributed by atoms with E-state index in [2.05, 4.69) is 140 Å². The molecule has 2 nitrogen and oxygen atoms in total. The second-order valence-electron chi connectivity index (χ2n) is 10.7. The summed E-state index contributed by atoms with van der Waals surface area (Å²) in [6.45, 7) is 4.86. The normalized spacial score (nSPS) is 13.1. The van der Waals surface area contributed by atoms with Gasteiger partial charge >= 0.3 is 0 Å². The van der Waals surface area contributed by atoms with E-state index in [4.69, 9.17) is 9.97 Å². The number of nitrogens with zero attached hydrogens (tertiary/aromatic N) is 2. The summed E-state index contributed by atoms with van der Waals surface area (Å²) in [5, 5.41) is 2.77. The van der Waals surface area contributed by atoms with Crippen LogP contribution in [-0.4, -0.2) is 18.0 Å². The van der Waals surface area contributed by atoms with Crippen LogP contribution in [0.5, 0.6) is 0 Å². The van der Waals surface area contributed by atoms with Gasteiger partial charge in [-0.1, -0.05) is 140 Å². The van der Waals surface area contributed by atoms with Gasteiger partial charge in [-0.2, -0.15) is 0 Å². The highest BCUT2D eigenvalue weighted by molar-refractivity contribution is 7.04. The summed E-state index contributed by atoms with van der Waals surface area (Å²) >= 11 is 0. The van der Waals surface area contributed by atoms with Crippen molar-refractivity contribution in [2.75, 3.05) is 0 Å². The van der Waals surface area contributed by atoms with Gasteiger partial charge in [0.05, 0.1) is 11.4 Å². The predicted octanol–water partition coefficient (Wildman–Crippen LogP) is 7.95. The molecule has 2 heterocycles. The Morgan fingerprint density at radius 1 is 0.436 bits per heavy atom. The molecular weight excluding hydrogens is 488 g/mol. The van der Waals surface area contributed by atoms with E-state index in [0.29, 0.717) is 0 Å². The summed E-state index contributed by atoms with van der Waals surface area (Å²) in [5.41, 5.74) is 10.4. The average molecular weight is 517 g/mol. The van der Waals surface area contributed by atoms with E-state index in [1.165, 1.54) is 38.2 Å². The Balaban J connectivity index is 1.43. The van der Waals surface area contributed by atoms with E-state index >= 15 is 0 Å². The Hall–Kier alpha value is -4.60. The molecule has 0 N–H and O–H groups in total. The van der Waals surface area contributed by atoms with E-state index < -0.39 is 8.07 Å². The van der Waals surface area contributed by atoms with Crippen LogP contribution >= 0.6 is 0 Å². The predicted molar refractivity (Wildman–Crippen MR) is 166 cm³/mol. The van der Waals surface area contributed by atoms with E-state index in [9.17, 15) is 0 Å². The van der Waals surface area contributed by atoms with Gasteiger partial charge in [0.1, 0.15) is 8.07 Å². The Labute approximate surface area is 230 Å². The standard InChI is InChI=1S/C36H28N2Si/c1-39(2)32-19-10-9-18-31(32)34-35(39)33(30-17-11-16-29(24-30)26-14-7-4-8-15-26)37-36(38-34)28-22-20-27(21-23-28)25-12-5-3-6-13-25/h3-24H,1-2H3. The zero-order chi connectivity index (χ0) is 26.4. The number of hydrogen-bond donors (Lipinski definition) is 0. The van der Waals surface area contributed by atoms with Crippen LogP contribution in [0, 0.1) is 0 Å². The van der Waals surface area contributed by atoms with Crippen molar-refractivity contribution in [2.45, 2.75) is 13.1 Å². The third-order valence-electron chi connectivity index (χ3n) is 7.88. The molecular formula is C36H28N2Si. The SMILES string of the molecule is C[Si]1(C)c2ccccc2-c2nc(-c3ccc(-c4ccccc4)cc3)nc(-c3cccc(-c4ccccc4)c3)c21. The molecule has 0 fully saturated rings. The minimum absolute atomic E-state index is 0.773. The molecule has 5 aromatic carbocycles. The number of fused-ring (bicyclic) bond motifs is 3. The minimum atomic E-state index is -2.01. The van der Waals surface area contributed by atoms with Crippen LogP contribution in [0.15, 0.2) is 133 Å². The highest BCUT2D eigenvalue weighted by atomic mass is 28.3. The molecule has 186 valence electrons. The van der Waals surface area contributed by atoms with Crippen LogP contribution in [0.2, 0.25) is 13.1 Å². The smallest absolute Gasteiger partial charge is 0.160 e. The van der Waals surface area contributed by atoms with Crippen molar-refractivity contribution in [2.24, 2.45) is 0 Å². The Bertz CT molecular complexity index is 1810. The van der Waals surface area contributed by atoms with Gasteiger partial charge in [0.25, 0.3) is 0 Å². The van der Waals surface area contributed by atoms with Crippen molar-refractivity contribution < 1.29 is 0 Å². The first-order chi connectivity index (χ1) is 19.1. The topological polar surface area (TPSA) is 25.8 Å².